The maximum Gasteiger partial charge on any atom is 0.263 e. The van der Waals surface area contributed by atoms with Gasteiger partial charge < -0.3 is 5.73 Å². The molecule has 0 unspecified atom stereocenters. The Morgan fingerprint density at radius 2 is 1.85 bits per heavy atom. The molecule has 106 valence electrons. The van der Waals surface area contributed by atoms with Crippen molar-refractivity contribution >= 4 is 38.9 Å². The van der Waals surface area contributed by atoms with E-state index < -0.39 is 10.0 Å². The van der Waals surface area contributed by atoms with Gasteiger partial charge in [-0.05, 0) is 35.9 Å². The molecule has 0 spiro atoms. The molecule has 0 fully saturated rings. The lowest BCUT2D eigenvalue weighted by Gasteiger charge is -2.11. The van der Waals surface area contributed by atoms with Gasteiger partial charge in [-0.2, -0.15) is 0 Å². The zero-order valence-electron chi connectivity index (χ0n) is 10.3. The minimum absolute atomic E-state index is 0.0120. The lowest BCUT2D eigenvalue weighted by atomic mass is 10.2. The van der Waals surface area contributed by atoms with Crippen molar-refractivity contribution in [1.82, 2.24) is 0 Å². The van der Waals surface area contributed by atoms with E-state index in [0.717, 1.165) is 0 Å². The van der Waals surface area contributed by atoms with Gasteiger partial charge in [-0.25, -0.2) is 8.42 Å². The van der Waals surface area contributed by atoms with Crippen molar-refractivity contribution in [3.05, 3.63) is 58.1 Å². The highest BCUT2D eigenvalue weighted by Crippen LogP contribution is 2.25. The molecule has 0 aliphatic heterocycles. The summed E-state index contributed by atoms with van der Waals surface area (Å²) in [5.41, 5.74) is 6.56. The van der Waals surface area contributed by atoms with E-state index in [2.05, 4.69) is 4.72 Å². The van der Waals surface area contributed by atoms with Crippen LogP contribution in [0.15, 0.2) is 47.4 Å². The number of hydrogen-bond acceptors (Lipinski definition) is 3. The molecule has 0 aromatic heterocycles. The Bertz CT molecular complexity index is 733. The Kier molecular flexibility index (Phi) is 4.55. The van der Waals surface area contributed by atoms with Crippen LogP contribution in [0.4, 0.5) is 5.69 Å². The van der Waals surface area contributed by atoms with Crippen molar-refractivity contribution in [2.45, 2.75) is 11.4 Å². The van der Waals surface area contributed by atoms with E-state index >= 15 is 0 Å². The topological polar surface area (TPSA) is 72.2 Å². The monoisotopic (exact) mass is 330 g/mol. The molecule has 0 saturated carbocycles. The summed E-state index contributed by atoms with van der Waals surface area (Å²) in [4.78, 5) is -0.0120. The van der Waals surface area contributed by atoms with Gasteiger partial charge in [-0.15, -0.1) is 0 Å². The second kappa shape index (κ2) is 6.01. The third-order valence-corrected chi connectivity index (χ3v) is 4.70. The third kappa shape index (κ3) is 3.43. The molecule has 0 saturated heterocycles. The van der Waals surface area contributed by atoms with Crippen LogP contribution in [-0.2, 0) is 16.6 Å². The van der Waals surface area contributed by atoms with Crippen LogP contribution in [0.3, 0.4) is 0 Å². The second-order valence-electron chi connectivity index (χ2n) is 4.08. The fourth-order valence-corrected chi connectivity index (χ4v) is 3.43. The SMILES string of the molecule is NCc1ccc(Cl)c(S(=O)(=O)Nc2cccc(Cl)c2)c1. The van der Waals surface area contributed by atoms with Crippen molar-refractivity contribution < 1.29 is 8.42 Å². The van der Waals surface area contributed by atoms with Crippen LogP contribution in [0, 0.1) is 0 Å². The molecular weight excluding hydrogens is 319 g/mol. The largest absolute Gasteiger partial charge is 0.326 e. The van der Waals surface area contributed by atoms with Gasteiger partial charge in [0.1, 0.15) is 4.90 Å². The molecule has 2 aromatic carbocycles. The number of halogens is 2. The number of nitrogens with one attached hydrogen (secondary N) is 1. The molecule has 0 amide bonds. The number of nitrogens with two attached hydrogens (primary N) is 1. The van der Waals surface area contributed by atoms with Crippen LogP contribution in [0.2, 0.25) is 10.0 Å². The summed E-state index contributed by atoms with van der Waals surface area (Å²) >= 11 is 11.8. The summed E-state index contributed by atoms with van der Waals surface area (Å²) in [6.45, 7) is 0.233. The van der Waals surface area contributed by atoms with Gasteiger partial charge in [0.05, 0.1) is 10.7 Å². The molecule has 20 heavy (non-hydrogen) atoms. The predicted octanol–water partition coefficient (Wildman–Crippen LogP) is 3.25. The van der Waals surface area contributed by atoms with Crippen molar-refractivity contribution in [3.8, 4) is 0 Å². The molecule has 3 N–H and O–H groups in total. The summed E-state index contributed by atoms with van der Waals surface area (Å²) in [5.74, 6) is 0. The summed E-state index contributed by atoms with van der Waals surface area (Å²) in [5, 5.41) is 0.573. The first-order valence-corrected chi connectivity index (χ1v) is 7.93. The minimum atomic E-state index is -3.79. The normalized spacial score (nSPS) is 11.3. The maximum absolute atomic E-state index is 12.3. The van der Waals surface area contributed by atoms with Crippen LogP contribution in [0.5, 0.6) is 0 Å². The molecule has 0 heterocycles. The van der Waals surface area contributed by atoms with Gasteiger partial charge in [0.2, 0.25) is 0 Å². The van der Waals surface area contributed by atoms with E-state index in [1.807, 2.05) is 0 Å². The maximum atomic E-state index is 12.3. The van der Waals surface area contributed by atoms with E-state index in [4.69, 9.17) is 28.9 Å². The first kappa shape index (κ1) is 15.1. The third-order valence-electron chi connectivity index (χ3n) is 2.60. The molecule has 7 heteroatoms. The van der Waals surface area contributed by atoms with E-state index in [9.17, 15) is 8.42 Å². The van der Waals surface area contributed by atoms with Gasteiger partial charge in [0.15, 0.2) is 0 Å². The fourth-order valence-electron chi connectivity index (χ4n) is 1.64. The Balaban J connectivity index is 2.40. The lowest BCUT2D eigenvalue weighted by Crippen LogP contribution is -2.14. The van der Waals surface area contributed by atoms with Crippen molar-refractivity contribution in [3.63, 3.8) is 0 Å². The smallest absolute Gasteiger partial charge is 0.263 e. The van der Waals surface area contributed by atoms with Gasteiger partial charge in [-0.1, -0.05) is 35.3 Å². The second-order valence-corrected chi connectivity index (χ2v) is 6.58. The lowest BCUT2D eigenvalue weighted by molar-refractivity contribution is 0.601. The minimum Gasteiger partial charge on any atom is -0.326 e. The average Bonchev–Trinajstić information content (AvgIpc) is 2.38. The van der Waals surface area contributed by atoms with E-state index in [0.29, 0.717) is 16.3 Å². The molecule has 0 bridgehead atoms. The molecule has 2 rings (SSSR count). The quantitative estimate of drug-likeness (QED) is 0.903. The average molecular weight is 331 g/mol. The van der Waals surface area contributed by atoms with E-state index in [1.165, 1.54) is 18.2 Å². The summed E-state index contributed by atoms with van der Waals surface area (Å²) in [7, 11) is -3.79. The molecule has 0 aliphatic rings. The number of sulfonamides is 1. The van der Waals surface area contributed by atoms with Gasteiger partial charge in [-0.3, -0.25) is 4.72 Å². The van der Waals surface area contributed by atoms with Crippen molar-refractivity contribution in [2.24, 2.45) is 5.73 Å². The van der Waals surface area contributed by atoms with E-state index in [-0.39, 0.29) is 16.5 Å². The Labute approximate surface area is 127 Å². The van der Waals surface area contributed by atoms with E-state index in [1.54, 1.807) is 24.3 Å². The zero-order valence-corrected chi connectivity index (χ0v) is 12.6. The Morgan fingerprint density at radius 1 is 1.10 bits per heavy atom. The van der Waals surface area contributed by atoms with Crippen LogP contribution in [0.25, 0.3) is 0 Å². The molecule has 4 nitrogen and oxygen atoms in total. The highest BCUT2D eigenvalue weighted by molar-refractivity contribution is 7.92. The number of rotatable bonds is 4. The first-order chi connectivity index (χ1) is 9.42. The molecule has 2 aromatic rings. The predicted molar refractivity (Wildman–Crippen MR) is 81.6 cm³/mol. The Hall–Kier alpha value is -1.27. The van der Waals surface area contributed by atoms with Crippen LogP contribution in [-0.4, -0.2) is 8.42 Å². The number of hydrogen-bond donors (Lipinski definition) is 2. The van der Waals surface area contributed by atoms with Gasteiger partial charge >= 0.3 is 0 Å². The van der Waals surface area contributed by atoms with Crippen molar-refractivity contribution in [2.75, 3.05) is 4.72 Å². The number of anilines is 1. The molecule has 0 aliphatic carbocycles. The first-order valence-electron chi connectivity index (χ1n) is 5.69. The zero-order chi connectivity index (χ0) is 14.8. The van der Waals surface area contributed by atoms with Crippen LogP contribution in [0.1, 0.15) is 5.56 Å². The summed E-state index contributed by atoms with van der Waals surface area (Å²) in [6.07, 6.45) is 0. The van der Waals surface area contributed by atoms with Crippen molar-refractivity contribution in [1.29, 1.82) is 0 Å². The molecule has 0 atom stereocenters. The van der Waals surface area contributed by atoms with Crippen LogP contribution < -0.4 is 10.5 Å². The Morgan fingerprint density at radius 3 is 2.50 bits per heavy atom. The van der Waals surface area contributed by atoms with Gasteiger partial charge in [0, 0.05) is 11.6 Å². The summed E-state index contributed by atoms with van der Waals surface area (Å²) in [6, 6.07) is 11.1. The highest BCUT2D eigenvalue weighted by atomic mass is 35.5. The van der Waals surface area contributed by atoms with Gasteiger partial charge in [0.25, 0.3) is 10.0 Å². The van der Waals surface area contributed by atoms with Crippen LogP contribution >= 0.6 is 23.2 Å². The molecule has 0 radical (unpaired) electrons. The standard InChI is InChI=1S/C13H12Cl2N2O2S/c14-10-2-1-3-11(7-10)17-20(18,19)13-6-9(8-16)4-5-12(13)15/h1-7,17H,8,16H2. The highest BCUT2D eigenvalue weighted by Gasteiger charge is 2.18. The molecular formula is C13H12Cl2N2O2S. The summed E-state index contributed by atoms with van der Waals surface area (Å²) < 4.78 is 27.1. The number of benzene rings is 2. The fraction of sp³-hybridized carbons (Fsp3) is 0.0769.